The molecule has 7 nitrogen and oxygen atoms in total. The number of halogens is 1. The van der Waals surface area contributed by atoms with E-state index in [1.165, 1.54) is 34.8 Å². The highest BCUT2D eigenvalue weighted by atomic mass is 32.1. The van der Waals surface area contributed by atoms with Crippen LogP contribution in [0.3, 0.4) is 0 Å². The van der Waals surface area contributed by atoms with E-state index < -0.39 is 0 Å². The van der Waals surface area contributed by atoms with Gasteiger partial charge in [0.1, 0.15) is 22.8 Å². The molecular formula is C25H23FN4O3S2. The lowest BCUT2D eigenvalue weighted by atomic mass is 9.97. The van der Waals surface area contributed by atoms with Gasteiger partial charge in [-0.3, -0.25) is 14.9 Å². The Bertz CT molecular complexity index is 1360. The molecule has 2 amide bonds. The number of fused-ring (bicyclic) bond motifs is 1. The van der Waals surface area contributed by atoms with Gasteiger partial charge in [-0.25, -0.2) is 14.4 Å². The number of methoxy groups -OCH3 is 1. The molecule has 4 aromatic rings. The first-order valence-corrected chi connectivity index (χ1v) is 12.9. The third-order valence-electron chi connectivity index (χ3n) is 6.04. The number of carbonyl (C=O) groups excluding carboxylic acids is 2. The van der Waals surface area contributed by atoms with Gasteiger partial charge < -0.3 is 9.64 Å². The Hall–Kier alpha value is -3.37. The number of hydrogen-bond donors (Lipinski definition) is 1. The van der Waals surface area contributed by atoms with Gasteiger partial charge >= 0.3 is 0 Å². The van der Waals surface area contributed by atoms with Gasteiger partial charge in [-0.2, -0.15) is 0 Å². The number of aromatic nitrogens is 2. The minimum Gasteiger partial charge on any atom is -0.494 e. The van der Waals surface area contributed by atoms with Crippen molar-refractivity contribution in [1.29, 1.82) is 0 Å². The van der Waals surface area contributed by atoms with E-state index in [1.807, 2.05) is 23.1 Å². The molecular weight excluding hydrogens is 487 g/mol. The highest BCUT2D eigenvalue weighted by Crippen LogP contribution is 2.33. The first-order chi connectivity index (χ1) is 17.0. The highest BCUT2D eigenvalue weighted by Gasteiger charge is 2.26. The fraction of sp³-hybridized carbons (Fsp3) is 0.280. The molecule has 3 heterocycles. The molecule has 0 unspecified atom stereocenters. The lowest BCUT2D eigenvalue weighted by molar-refractivity contribution is -0.131. The number of anilines is 1. The van der Waals surface area contributed by atoms with Crippen molar-refractivity contribution in [1.82, 2.24) is 14.9 Å². The number of para-hydroxylation sites is 1. The molecule has 0 atom stereocenters. The molecule has 2 aromatic carbocycles. The zero-order chi connectivity index (χ0) is 24.4. The summed E-state index contributed by atoms with van der Waals surface area (Å²) in [5, 5.41) is 6.02. The molecule has 5 rings (SSSR count). The normalized spacial score (nSPS) is 14.3. The van der Waals surface area contributed by atoms with Crippen molar-refractivity contribution in [3.05, 3.63) is 69.9 Å². The van der Waals surface area contributed by atoms with Crippen molar-refractivity contribution in [3.63, 3.8) is 0 Å². The Morgan fingerprint density at radius 2 is 1.91 bits per heavy atom. The Balaban J connectivity index is 1.17. The number of hydrogen-bond acceptors (Lipinski definition) is 7. The van der Waals surface area contributed by atoms with E-state index in [1.54, 1.807) is 24.6 Å². The van der Waals surface area contributed by atoms with Crippen LogP contribution in [0.25, 0.3) is 10.2 Å². The van der Waals surface area contributed by atoms with Crippen LogP contribution in [0.4, 0.5) is 9.52 Å². The van der Waals surface area contributed by atoms with E-state index in [0.717, 1.165) is 33.6 Å². The fourth-order valence-electron chi connectivity index (χ4n) is 4.15. The van der Waals surface area contributed by atoms with Gasteiger partial charge in [0.05, 0.1) is 23.2 Å². The predicted octanol–water partition coefficient (Wildman–Crippen LogP) is 5.10. The Labute approximate surface area is 209 Å². The summed E-state index contributed by atoms with van der Waals surface area (Å²) < 4.78 is 19.4. The average molecular weight is 511 g/mol. The van der Waals surface area contributed by atoms with Gasteiger partial charge in [0.25, 0.3) is 5.91 Å². The van der Waals surface area contributed by atoms with Crippen molar-refractivity contribution in [3.8, 4) is 5.75 Å². The minimum atomic E-state index is -0.307. The number of nitrogens with zero attached hydrogens (tertiary/aromatic N) is 3. The van der Waals surface area contributed by atoms with Crippen LogP contribution < -0.4 is 10.1 Å². The Kier molecular flexibility index (Phi) is 6.74. The third-order valence-corrected chi connectivity index (χ3v) is 7.99. The maximum Gasteiger partial charge on any atom is 0.276 e. The number of thiazole rings is 2. The van der Waals surface area contributed by atoms with Crippen LogP contribution in [0, 0.1) is 5.82 Å². The first kappa shape index (κ1) is 23.4. The summed E-state index contributed by atoms with van der Waals surface area (Å²) in [5.74, 6) is 0.318. The summed E-state index contributed by atoms with van der Waals surface area (Å²) in [6.07, 6.45) is 1.85. The van der Waals surface area contributed by atoms with Gasteiger partial charge in [0, 0.05) is 24.4 Å². The lowest BCUT2D eigenvalue weighted by Crippen LogP contribution is -2.38. The van der Waals surface area contributed by atoms with Crippen LogP contribution in [0.2, 0.25) is 0 Å². The lowest BCUT2D eigenvalue weighted by Gasteiger charge is -2.31. The predicted molar refractivity (Wildman–Crippen MR) is 135 cm³/mol. The van der Waals surface area contributed by atoms with E-state index in [-0.39, 0.29) is 30.0 Å². The molecule has 0 aliphatic carbocycles. The molecule has 1 N–H and O–H groups in total. The molecule has 1 saturated heterocycles. The Morgan fingerprint density at radius 3 is 2.66 bits per heavy atom. The summed E-state index contributed by atoms with van der Waals surface area (Å²) in [5.41, 5.74) is 1.89. The van der Waals surface area contributed by atoms with E-state index in [2.05, 4.69) is 15.3 Å². The summed E-state index contributed by atoms with van der Waals surface area (Å²) in [6, 6.07) is 11.7. The molecule has 0 radical (unpaired) electrons. The van der Waals surface area contributed by atoms with Crippen LogP contribution in [-0.2, 0) is 11.2 Å². The quantitative estimate of drug-likeness (QED) is 0.390. The molecule has 1 fully saturated rings. The molecule has 1 aliphatic rings. The number of likely N-dealkylation sites (tertiary alicyclic amines) is 1. The molecule has 180 valence electrons. The first-order valence-electron chi connectivity index (χ1n) is 11.2. The maximum atomic E-state index is 13.1. The second-order valence-electron chi connectivity index (χ2n) is 8.31. The van der Waals surface area contributed by atoms with E-state index in [0.29, 0.717) is 29.7 Å². The maximum absolute atomic E-state index is 13.1. The van der Waals surface area contributed by atoms with Crippen LogP contribution in [0.5, 0.6) is 5.75 Å². The van der Waals surface area contributed by atoms with Gasteiger partial charge in [-0.15, -0.1) is 11.3 Å². The zero-order valence-corrected chi connectivity index (χ0v) is 20.6. The fourth-order valence-corrected chi connectivity index (χ4v) is 6.00. The average Bonchev–Trinajstić information content (AvgIpc) is 3.52. The number of ether oxygens (including phenoxy) is 1. The van der Waals surface area contributed by atoms with Crippen molar-refractivity contribution in [2.24, 2.45) is 0 Å². The van der Waals surface area contributed by atoms with Gasteiger partial charge in [-0.1, -0.05) is 29.5 Å². The van der Waals surface area contributed by atoms with Crippen molar-refractivity contribution in [2.75, 3.05) is 25.5 Å². The number of benzene rings is 2. The molecule has 10 heteroatoms. The van der Waals surface area contributed by atoms with E-state index in [9.17, 15) is 14.0 Å². The molecule has 1 aliphatic heterocycles. The highest BCUT2D eigenvalue weighted by molar-refractivity contribution is 7.22. The second kappa shape index (κ2) is 10.1. The van der Waals surface area contributed by atoms with Gasteiger partial charge in [0.15, 0.2) is 5.13 Å². The van der Waals surface area contributed by atoms with Crippen molar-refractivity contribution in [2.45, 2.75) is 25.2 Å². The topological polar surface area (TPSA) is 84.4 Å². The van der Waals surface area contributed by atoms with Crippen molar-refractivity contribution >= 4 is 49.8 Å². The van der Waals surface area contributed by atoms with Crippen LogP contribution in [0.15, 0.2) is 47.8 Å². The van der Waals surface area contributed by atoms with Crippen molar-refractivity contribution < 1.29 is 18.7 Å². The summed E-state index contributed by atoms with van der Waals surface area (Å²) in [6.45, 7) is 1.28. The zero-order valence-electron chi connectivity index (χ0n) is 19.0. The Morgan fingerprint density at radius 1 is 1.14 bits per heavy atom. The SMILES string of the molecule is COc1cccc2sc(NC(=O)c3csc(C4CCN(C(=O)Cc5ccc(F)cc5)CC4)n3)nc12. The summed E-state index contributed by atoms with van der Waals surface area (Å²) in [7, 11) is 1.59. The third kappa shape index (κ3) is 5.18. The molecule has 2 aromatic heterocycles. The number of piperidine rings is 1. The molecule has 0 saturated carbocycles. The summed E-state index contributed by atoms with van der Waals surface area (Å²) >= 11 is 2.86. The van der Waals surface area contributed by atoms with Crippen LogP contribution >= 0.6 is 22.7 Å². The van der Waals surface area contributed by atoms with Gasteiger partial charge in [0.2, 0.25) is 5.91 Å². The largest absolute Gasteiger partial charge is 0.494 e. The number of carbonyl (C=O) groups is 2. The number of amides is 2. The monoisotopic (exact) mass is 510 g/mol. The molecule has 0 spiro atoms. The van der Waals surface area contributed by atoms with Crippen LogP contribution in [-0.4, -0.2) is 46.9 Å². The summed E-state index contributed by atoms with van der Waals surface area (Å²) in [4.78, 5) is 36.3. The van der Waals surface area contributed by atoms with Gasteiger partial charge in [-0.05, 0) is 42.7 Å². The van der Waals surface area contributed by atoms with Crippen LogP contribution in [0.1, 0.15) is 39.8 Å². The smallest absolute Gasteiger partial charge is 0.276 e. The number of nitrogens with one attached hydrogen (secondary N) is 1. The van der Waals surface area contributed by atoms with E-state index in [4.69, 9.17) is 4.74 Å². The second-order valence-corrected chi connectivity index (χ2v) is 10.2. The number of rotatable bonds is 6. The molecule has 35 heavy (non-hydrogen) atoms. The van der Waals surface area contributed by atoms with E-state index >= 15 is 0 Å². The standard InChI is InChI=1S/C25H23FN4O3S2/c1-33-19-3-2-4-20-22(19)28-25(35-20)29-23(32)18-14-34-24(27-18)16-9-11-30(12-10-16)21(31)13-15-5-7-17(26)8-6-15/h2-8,14,16H,9-13H2,1H3,(H,28,29,32). The minimum absolute atomic E-state index is 0.0433. The molecule has 0 bridgehead atoms.